The number of phenolic OH excluding ortho intramolecular Hbond substituents is 1. The summed E-state index contributed by atoms with van der Waals surface area (Å²) in [5, 5.41) is 9.27. The predicted molar refractivity (Wildman–Crippen MR) is 80.0 cm³/mol. The van der Waals surface area contributed by atoms with E-state index in [-0.39, 0.29) is 11.7 Å². The fraction of sp³-hybridized carbons (Fsp3) is 0.188. The Balaban J connectivity index is 2.21. The van der Waals surface area contributed by atoms with Gasteiger partial charge in [0.25, 0.3) is 5.91 Å². The molecule has 0 unspecified atom stereocenters. The van der Waals surface area contributed by atoms with Crippen molar-refractivity contribution in [2.24, 2.45) is 5.73 Å². The molecule has 3 N–H and O–H groups in total. The fourth-order valence-corrected chi connectivity index (χ4v) is 2.01. The Morgan fingerprint density at radius 3 is 2.55 bits per heavy atom. The molecule has 4 heteroatoms. The van der Waals surface area contributed by atoms with Gasteiger partial charge in [0, 0.05) is 18.3 Å². The van der Waals surface area contributed by atoms with Crippen molar-refractivity contribution in [3.63, 3.8) is 0 Å². The number of benzene rings is 2. The number of amides is 1. The van der Waals surface area contributed by atoms with Gasteiger partial charge in [-0.15, -0.1) is 0 Å². The minimum absolute atomic E-state index is 0.0884. The number of rotatable bonds is 4. The average Bonchev–Trinajstić information content (AvgIpc) is 2.47. The molecule has 0 aliphatic rings. The number of phenols is 1. The van der Waals surface area contributed by atoms with Crippen molar-refractivity contribution < 1.29 is 9.90 Å². The zero-order valence-corrected chi connectivity index (χ0v) is 11.4. The monoisotopic (exact) mass is 270 g/mol. The zero-order chi connectivity index (χ0) is 14.5. The van der Waals surface area contributed by atoms with Crippen molar-refractivity contribution >= 4 is 11.6 Å². The number of nitrogens with zero attached hydrogens (tertiary/aromatic N) is 1. The summed E-state index contributed by atoms with van der Waals surface area (Å²) in [7, 11) is 1.71. The number of anilines is 1. The van der Waals surface area contributed by atoms with Crippen LogP contribution in [0.4, 0.5) is 5.69 Å². The average molecular weight is 270 g/mol. The number of carbonyl (C=O) groups excluding carboxylic acids is 1. The maximum absolute atomic E-state index is 12.4. The van der Waals surface area contributed by atoms with Crippen LogP contribution in [0, 0.1) is 0 Å². The quantitative estimate of drug-likeness (QED) is 0.894. The summed E-state index contributed by atoms with van der Waals surface area (Å²) >= 11 is 0. The molecule has 0 radical (unpaired) electrons. The molecule has 4 nitrogen and oxygen atoms in total. The summed E-state index contributed by atoms with van der Waals surface area (Å²) in [6.45, 7) is 0.561. The Bertz CT molecular complexity index is 594. The van der Waals surface area contributed by atoms with Crippen molar-refractivity contribution in [1.29, 1.82) is 0 Å². The lowest BCUT2D eigenvalue weighted by Gasteiger charge is -2.17. The molecule has 0 fully saturated rings. The third-order valence-corrected chi connectivity index (χ3v) is 3.15. The topological polar surface area (TPSA) is 66.6 Å². The first-order chi connectivity index (χ1) is 9.61. The highest BCUT2D eigenvalue weighted by Crippen LogP contribution is 2.19. The van der Waals surface area contributed by atoms with Crippen LogP contribution in [0.5, 0.6) is 5.75 Å². The van der Waals surface area contributed by atoms with Gasteiger partial charge in [0.15, 0.2) is 0 Å². The molecular weight excluding hydrogens is 252 g/mol. The Kier molecular flexibility index (Phi) is 4.38. The lowest BCUT2D eigenvalue weighted by Crippen LogP contribution is -2.26. The van der Waals surface area contributed by atoms with Crippen molar-refractivity contribution in [2.45, 2.75) is 6.42 Å². The summed E-state index contributed by atoms with van der Waals surface area (Å²) in [6, 6.07) is 14.0. The summed E-state index contributed by atoms with van der Waals surface area (Å²) in [5.41, 5.74) is 7.95. The van der Waals surface area contributed by atoms with Gasteiger partial charge in [0.1, 0.15) is 5.75 Å². The van der Waals surface area contributed by atoms with E-state index >= 15 is 0 Å². The molecule has 1 amide bonds. The standard InChI is InChI=1S/C16H18N2O2/c1-18(14-5-7-15(19)8-6-14)16(20)13-4-2-3-12(11-13)9-10-17/h2-8,11,19H,9-10,17H2,1H3. The summed E-state index contributed by atoms with van der Waals surface area (Å²) in [6.07, 6.45) is 0.754. The maximum Gasteiger partial charge on any atom is 0.258 e. The van der Waals surface area contributed by atoms with E-state index in [1.807, 2.05) is 18.2 Å². The van der Waals surface area contributed by atoms with Gasteiger partial charge in [-0.1, -0.05) is 12.1 Å². The molecule has 0 aromatic heterocycles. The van der Waals surface area contributed by atoms with E-state index in [2.05, 4.69) is 0 Å². The van der Waals surface area contributed by atoms with E-state index < -0.39 is 0 Å². The largest absolute Gasteiger partial charge is 0.508 e. The normalized spacial score (nSPS) is 10.3. The van der Waals surface area contributed by atoms with Gasteiger partial charge in [0.2, 0.25) is 0 Å². The number of hydrogen-bond acceptors (Lipinski definition) is 3. The Hall–Kier alpha value is -2.33. The molecule has 2 aromatic rings. The Morgan fingerprint density at radius 2 is 1.90 bits per heavy atom. The van der Waals surface area contributed by atoms with Crippen LogP contribution in [-0.2, 0) is 6.42 Å². The minimum Gasteiger partial charge on any atom is -0.508 e. The van der Waals surface area contributed by atoms with Gasteiger partial charge in [-0.2, -0.15) is 0 Å². The molecule has 0 atom stereocenters. The van der Waals surface area contributed by atoms with Crippen LogP contribution in [0.3, 0.4) is 0 Å². The van der Waals surface area contributed by atoms with Crippen LogP contribution in [0.25, 0.3) is 0 Å². The zero-order valence-electron chi connectivity index (χ0n) is 11.4. The van der Waals surface area contributed by atoms with E-state index in [1.165, 1.54) is 0 Å². The van der Waals surface area contributed by atoms with Crippen molar-refractivity contribution in [1.82, 2.24) is 0 Å². The molecule has 0 heterocycles. The van der Waals surface area contributed by atoms with Crippen LogP contribution >= 0.6 is 0 Å². The molecule has 0 spiro atoms. The molecule has 104 valence electrons. The van der Waals surface area contributed by atoms with Crippen molar-refractivity contribution in [2.75, 3.05) is 18.5 Å². The van der Waals surface area contributed by atoms with E-state index in [0.29, 0.717) is 12.1 Å². The third kappa shape index (κ3) is 3.16. The molecule has 2 rings (SSSR count). The molecule has 0 saturated heterocycles. The van der Waals surface area contributed by atoms with E-state index in [0.717, 1.165) is 17.7 Å². The van der Waals surface area contributed by atoms with Gasteiger partial charge in [-0.05, 0) is 54.9 Å². The van der Waals surface area contributed by atoms with Crippen LogP contribution in [-0.4, -0.2) is 24.6 Å². The highest BCUT2D eigenvalue weighted by atomic mass is 16.3. The molecule has 0 saturated carbocycles. The first-order valence-corrected chi connectivity index (χ1v) is 6.48. The Morgan fingerprint density at radius 1 is 1.20 bits per heavy atom. The molecule has 0 bridgehead atoms. The lowest BCUT2D eigenvalue weighted by molar-refractivity contribution is 0.0993. The number of hydrogen-bond donors (Lipinski definition) is 2. The fourth-order valence-electron chi connectivity index (χ4n) is 2.01. The van der Waals surface area contributed by atoms with Crippen molar-refractivity contribution in [3.8, 4) is 5.75 Å². The van der Waals surface area contributed by atoms with Crippen LogP contribution < -0.4 is 10.6 Å². The number of aromatic hydroxyl groups is 1. The second kappa shape index (κ2) is 6.21. The highest BCUT2D eigenvalue weighted by Gasteiger charge is 2.13. The Labute approximate surface area is 118 Å². The summed E-state index contributed by atoms with van der Waals surface area (Å²) < 4.78 is 0. The molecule has 0 aliphatic heterocycles. The summed E-state index contributed by atoms with van der Waals surface area (Å²) in [5.74, 6) is 0.0918. The number of nitrogens with two attached hydrogens (primary N) is 1. The minimum atomic E-state index is -0.0884. The lowest BCUT2D eigenvalue weighted by atomic mass is 10.1. The first-order valence-electron chi connectivity index (χ1n) is 6.48. The second-order valence-electron chi connectivity index (χ2n) is 4.62. The predicted octanol–water partition coefficient (Wildman–Crippen LogP) is 2.17. The second-order valence-corrected chi connectivity index (χ2v) is 4.62. The van der Waals surface area contributed by atoms with E-state index in [1.54, 1.807) is 42.3 Å². The van der Waals surface area contributed by atoms with Crippen LogP contribution in [0.2, 0.25) is 0 Å². The first kappa shape index (κ1) is 14.1. The number of carbonyl (C=O) groups is 1. The van der Waals surface area contributed by atoms with Crippen molar-refractivity contribution in [3.05, 3.63) is 59.7 Å². The van der Waals surface area contributed by atoms with Gasteiger partial charge in [-0.3, -0.25) is 4.79 Å². The molecule has 0 aliphatic carbocycles. The molecule has 2 aromatic carbocycles. The van der Waals surface area contributed by atoms with E-state index in [4.69, 9.17) is 5.73 Å². The highest BCUT2D eigenvalue weighted by molar-refractivity contribution is 6.05. The van der Waals surface area contributed by atoms with Gasteiger partial charge in [-0.25, -0.2) is 0 Å². The third-order valence-electron chi connectivity index (χ3n) is 3.15. The van der Waals surface area contributed by atoms with Gasteiger partial charge >= 0.3 is 0 Å². The van der Waals surface area contributed by atoms with E-state index in [9.17, 15) is 9.90 Å². The SMILES string of the molecule is CN(C(=O)c1cccc(CCN)c1)c1ccc(O)cc1. The van der Waals surface area contributed by atoms with Crippen LogP contribution in [0.15, 0.2) is 48.5 Å². The molecular formula is C16H18N2O2. The smallest absolute Gasteiger partial charge is 0.258 e. The van der Waals surface area contributed by atoms with Crippen LogP contribution in [0.1, 0.15) is 15.9 Å². The summed E-state index contributed by atoms with van der Waals surface area (Å²) in [4.78, 5) is 14.0. The molecule has 20 heavy (non-hydrogen) atoms. The van der Waals surface area contributed by atoms with Gasteiger partial charge in [0.05, 0.1) is 0 Å². The maximum atomic E-state index is 12.4. The van der Waals surface area contributed by atoms with Gasteiger partial charge < -0.3 is 15.7 Å².